The molecule has 3 aromatic rings. The van der Waals surface area contributed by atoms with Gasteiger partial charge < -0.3 is 29.9 Å². The highest BCUT2D eigenvalue weighted by molar-refractivity contribution is 6.30. The molecule has 35 heavy (non-hydrogen) atoms. The number of anilines is 1. The number of nitrogens with one attached hydrogen (secondary N) is 2. The van der Waals surface area contributed by atoms with Gasteiger partial charge in [0.15, 0.2) is 0 Å². The lowest BCUT2D eigenvalue weighted by atomic mass is 9.68. The van der Waals surface area contributed by atoms with Crippen molar-refractivity contribution in [2.45, 2.75) is 31.2 Å². The van der Waals surface area contributed by atoms with Crippen molar-refractivity contribution in [2.24, 2.45) is 0 Å². The van der Waals surface area contributed by atoms with Gasteiger partial charge in [-0.05, 0) is 54.8 Å². The van der Waals surface area contributed by atoms with Gasteiger partial charge >= 0.3 is 6.03 Å². The van der Waals surface area contributed by atoms with Crippen molar-refractivity contribution in [3.8, 4) is 5.75 Å². The smallest absolute Gasteiger partial charge is 0.321 e. The Kier molecular flexibility index (Phi) is 6.11. The second-order valence-electron chi connectivity index (χ2n) is 9.37. The molecule has 0 radical (unpaired) electrons. The van der Waals surface area contributed by atoms with Crippen LogP contribution in [0.1, 0.15) is 37.1 Å². The molecule has 8 nitrogen and oxygen atoms in total. The number of urea groups is 1. The number of hydrogen-bond acceptors (Lipinski definition) is 4. The molecule has 0 bridgehead atoms. The monoisotopic (exact) mass is 496 g/mol. The van der Waals surface area contributed by atoms with Crippen LogP contribution in [-0.4, -0.2) is 65.2 Å². The molecule has 0 saturated carbocycles. The Morgan fingerprint density at radius 1 is 1.20 bits per heavy atom. The summed E-state index contributed by atoms with van der Waals surface area (Å²) in [4.78, 5) is 32.6. The first-order valence-corrected chi connectivity index (χ1v) is 12.1. The summed E-state index contributed by atoms with van der Waals surface area (Å²) < 4.78 is 5.41. The molecule has 5 rings (SSSR count). The number of benzene rings is 2. The number of nitrogens with zero attached hydrogens (tertiary/aromatic N) is 2. The zero-order chi connectivity index (χ0) is 24.7. The normalized spacial score (nSPS) is 19.0. The molecule has 1 spiro atoms. The summed E-state index contributed by atoms with van der Waals surface area (Å²) in [6.07, 6.45) is 1.41. The summed E-state index contributed by atoms with van der Waals surface area (Å²) >= 11 is 5.95. The topological polar surface area (TPSA) is 97.9 Å². The van der Waals surface area contributed by atoms with Gasteiger partial charge in [-0.1, -0.05) is 11.6 Å². The summed E-state index contributed by atoms with van der Waals surface area (Å²) in [5.41, 5.74) is 3.30. The van der Waals surface area contributed by atoms with E-state index in [0.717, 1.165) is 27.9 Å². The zero-order valence-electron chi connectivity index (χ0n) is 19.8. The molecule has 1 fully saturated rings. The Hall–Kier alpha value is -3.23. The molecule has 1 aromatic heterocycles. The van der Waals surface area contributed by atoms with Gasteiger partial charge in [-0.3, -0.25) is 4.79 Å². The van der Waals surface area contributed by atoms with Gasteiger partial charge in [0.1, 0.15) is 5.75 Å². The lowest BCUT2D eigenvalue weighted by Crippen LogP contribution is -2.55. The number of H-pyrrole nitrogens is 1. The molecule has 184 valence electrons. The van der Waals surface area contributed by atoms with E-state index in [1.54, 1.807) is 43.2 Å². The molecule has 3 N–H and O–H groups in total. The standard InChI is InChI=1S/C26H29ClN4O4/c1-16(33)31-15-26(9-11-30(12-10-26)25(34)28-18-5-3-17(27)4-6-18)23-20-8-7-19(35-2)13-21(20)29-24(23)22(31)14-32/h3-8,13,22,29,32H,9-12,14-15H2,1-2H3,(H,28,34)/t22-/m0/s1. The lowest BCUT2D eigenvalue weighted by Gasteiger charge is -2.50. The molecule has 2 aromatic carbocycles. The summed E-state index contributed by atoms with van der Waals surface area (Å²) in [5, 5.41) is 14.9. The third-order valence-electron chi connectivity index (χ3n) is 7.43. The molecule has 3 amide bonds. The molecule has 0 unspecified atom stereocenters. The largest absolute Gasteiger partial charge is 0.497 e. The van der Waals surface area contributed by atoms with E-state index in [-0.39, 0.29) is 24.0 Å². The fourth-order valence-electron chi connectivity index (χ4n) is 5.62. The summed E-state index contributed by atoms with van der Waals surface area (Å²) in [7, 11) is 1.63. The van der Waals surface area contributed by atoms with E-state index < -0.39 is 6.04 Å². The third kappa shape index (κ3) is 4.10. The number of methoxy groups -OCH3 is 1. The van der Waals surface area contributed by atoms with E-state index in [2.05, 4.69) is 10.3 Å². The Balaban J connectivity index is 1.47. The maximum absolute atomic E-state index is 12.9. The van der Waals surface area contributed by atoms with Crippen LogP contribution in [0.4, 0.5) is 10.5 Å². The van der Waals surface area contributed by atoms with Crippen LogP contribution in [0.2, 0.25) is 5.02 Å². The Labute approximate surface area is 208 Å². The van der Waals surface area contributed by atoms with Crippen LogP contribution in [0.25, 0.3) is 10.9 Å². The van der Waals surface area contributed by atoms with Crippen LogP contribution in [0.15, 0.2) is 42.5 Å². The van der Waals surface area contributed by atoms with Gasteiger partial charge in [0.2, 0.25) is 5.91 Å². The second kappa shape index (κ2) is 9.09. The Bertz CT molecular complexity index is 1260. The average molecular weight is 497 g/mol. The molecular weight excluding hydrogens is 468 g/mol. The first-order chi connectivity index (χ1) is 16.8. The molecule has 0 aliphatic carbocycles. The van der Waals surface area contributed by atoms with Crippen molar-refractivity contribution in [1.82, 2.24) is 14.8 Å². The number of aromatic nitrogens is 1. The minimum Gasteiger partial charge on any atom is -0.497 e. The molecule has 9 heteroatoms. The maximum atomic E-state index is 12.9. The number of piperidine rings is 1. The number of carbonyl (C=O) groups excluding carboxylic acids is 2. The highest BCUT2D eigenvalue weighted by atomic mass is 35.5. The van der Waals surface area contributed by atoms with Crippen LogP contribution in [0, 0.1) is 0 Å². The van der Waals surface area contributed by atoms with Crippen molar-refractivity contribution in [3.63, 3.8) is 0 Å². The van der Waals surface area contributed by atoms with Gasteiger partial charge in [0.05, 0.1) is 19.8 Å². The fourth-order valence-corrected chi connectivity index (χ4v) is 5.75. The van der Waals surface area contributed by atoms with Crippen molar-refractivity contribution in [2.75, 3.05) is 38.7 Å². The second-order valence-corrected chi connectivity index (χ2v) is 9.81. The van der Waals surface area contributed by atoms with Gasteiger partial charge in [-0.2, -0.15) is 0 Å². The molecule has 1 atom stereocenters. The summed E-state index contributed by atoms with van der Waals surface area (Å²) in [6, 6.07) is 12.4. The van der Waals surface area contributed by atoms with Crippen molar-refractivity contribution >= 4 is 40.1 Å². The molecule has 3 heterocycles. The van der Waals surface area contributed by atoms with E-state index in [1.165, 1.54) is 0 Å². The van der Waals surface area contributed by atoms with Crippen molar-refractivity contribution < 1.29 is 19.4 Å². The minimum atomic E-state index is -0.433. The number of amides is 3. The number of aliphatic hydroxyl groups is 1. The number of hydrogen-bond donors (Lipinski definition) is 3. The molecule has 2 aliphatic rings. The lowest BCUT2D eigenvalue weighted by molar-refractivity contribution is -0.134. The highest BCUT2D eigenvalue weighted by Gasteiger charge is 2.48. The van der Waals surface area contributed by atoms with Crippen molar-refractivity contribution in [3.05, 3.63) is 58.7 Å². The van der Waals surface area contributed by atoms with Crippen LogP contribution in [-0.2, 0) is 10.2 Å². The SMILES string of the molecule is COc1ccc2c3c([nH]c2c1)[C@H](CO)N(C(C)=O)CC31CCN(C(=O)Nc2ccc(Cl)cc2)CC1. The first-order valence-electron chi connectivity index (χ1n) is 11.7. The minimum absolute atomic E-state index is 0.0757. The maximum Gasteiger partial charge on any atom is 0.321 e. The van der Waals surface area contributed by atoms with Gasteiger partial charge in [0.25, 0.3) is 0 Å². The van der Waals surface area contributed by atoms with E-state index in [1.807, 2.05) is 23.1 Å². The van der Waals surface area contributed by atoms with Gasteiger partial charge in [-0.15, -0.1) is 0 Å². The van der Waals surface area contributed by atoms with Gasteiger partial charge in [-0.25, -0.2) is 4.79 Å². The van der Waals surface area contributed by atoms with E-state index >= 15 is 0 Å². The van der Waals surface area contributed by atoms with Gasteiger partial charge in [0, 0.05) is 65.3 Å². The molecular formula is C26H29ClN4O4. The third-order valence-corrected chi connectivity index (χ3v) is 7.68. The number of rotatable bonds is 3. The summed E-state index contributed by atoms with van der Waals surface area (Å²) in [6.45, 7) is 2.99. The number of carbonyl (C=O) groups is 2. The zero-order valence-corrected chi connectivity index (χ0v) is 20.6. The van der Waals surface area contributed by atoms with Crippen LogP contribution >= 0.6 is 11.6 Å². The quantitative estimate of drug-likeness (QED) is 0.503. The highest BCUT2D eigenvalue weighted by Crippen LogP contribution is 2.49. The molecule has 1 saturated heterocycles. The van der Waals surface area contributed by atoms with E-state index in [0.29, 0.717) is 43.2 Å². The van der Waals surface area contributed by atoms with Crippen molar-refractivity contribution in [1.29, 1.82) is 0 Å². The van der Waals surface area contributed by atoms with E-state index in [4.69, 9.17) is 16.3 Å². The number of ether oxygens (including phenoxy) is 1. The number of fused-ring (bicyclic) bond motifs is 4. The average Bonchev–Trinajstić information content (AvgIpc) is 3.25. The Morgan fingerprint density at radius 3 is 2.54 bits per heavy atom. The first kappa shape index (κ1) is 23.5. The number of likely N-dealkylation sites (tertiary alicyclic amines) is 1. The van der Waals surface area contributed by atoms with Crippen LogP contribution < -0.4 is 10.1 Å². The fraction of sp³-hybridized carbons (Fsp3) is 0.385. The molecule has 2 aliphatic heterocycles. The van der Waals surface area contributed by atoms with Crippen LogP contribution in [0.3, 0.4) is 0 Å². The number of halogens is 1. The van der Waals surface area contributed by atoms with E-state index in [9.17, 15) is 14.7 Å². The summed E-state index contributed by atoms with van der Waals surface area (Å²) in [5.74, 6) is 0.663. The number of aliphatic hydroxyl groups excluding tert-OH is 1. The predicted octanol–water partition coefficient (Wildman–Crippen LogP) is 4.29. The predicted molar refractivity (Wildman–Crippen MR) is 135 cm³/mol. The Morgan fingerprint density at radius 2 is 1.91 bits per heavy atom. The van der Waals surface area contributed by atoms with Crippen LogP contribution in [0.5, 0.6) is 5.75 Å². The number of aromatic amines is 1.